The number of nitrogens with zero attached hydrogens (tertiary/aromatic N) is 1. The number of rotatable bonds is 4. The van der Waals surface area contributed by atoms with Gasteiger partial charge in [-0.3, -0.25) is 4.79 Å². The number of halogens is 1. The Labute approximate surface area is 162 Å². The highest BCUT2D eigenvalue weighted by atomic mass is 19.1. The standard InChI is InChI=1S/C22H24FNO4/c1-13-18(24-28-19(13)16-2-4-17(23)5-3-16)11-27-20(25)21-7-14-6-15(8-21)10-22(26,9-14)12-21/h2-5,14-15,26H,6-12H2,1H3/t14-,15+,21?,22?. The zero-order valence-electron chi connectivity index (χ0n) is 15.9. The molecular formula is C22H24FNO4. The number of carbonyl (C=O) groups excluding carboxylic acids is 1. The first-order valence-electron chi connectivity index (χ1n) is 9.97. The van der Waals surface area contributed by atoms with Crippen molar-refractivity contribution in [2.24, 2.45) is 17.3 Å². The average molecular weight is 385 g/mol. The molecule has 5 nitrogen and oxygen atoms in total. The third-order valence-electron chi connectivity index (χ3n) is 6.93. The predicted octanol–water partition coefficient (Wildman–Crippen LogP) is 4.16. The molecular weight excluding hydrogens is 361 g/mol. The van der Waals surface area contributed by atoms with Gasteiger partial charge in [0.25, 0.3) is 0 Å². The third kappa shape index (κ3) is 2.85. The van der Waals surface area contributed by atoms with E-state index in [0.29, 0.717) is 29.7 Å². The molecule has 1 aromatic heterocycles. The Bertz CT molecular complexity index is 905. The smallest absolute Gasteiger partial charge is 0.312 e. The van der Waals surface area contributed by atoms with Crippen molar-refractivity contribution < 1.29 is 23.6 Å². The fourth-order valence-electron chi connectivity index (χ4n) is 6.11. The highest BCUT2D eigenvalue weighted by molar-refractivity contribution is 5.78. The molecule has 2 aromatic rings. The Kier molecular flexibility index (Phi) is 3.92. The van der Waals surface area contributed by atoms with Crippen LogP contribution < -0.4 is 0 Å². The lowest BCUT2D eigenvalue weighted by molar-refractivity contribution is -0.197. The number of esters is 1. The van der Waals surface area contributed by atoms with Crippen LogP contribution in [-0.4, -0.2) is 21.8 Å². The molecule has 6 heteroatoms. The van der Waals surface area contributed by atoms with E-state index in [1.807, 2.05) is 6.92 Å². The quantitative estimate of drug-likeness (QED) is 0.800. The molecule has 6 rings (SSSR count). The zero-order valence-corrected chi connectivity index (χ0v) is 15.9. The molecule has 1 aromatic carbocycles. The molecule has 4 aliphatic rings. The summed E-state index contributed by atoms with van der Waals surface area (Å²) in [6.07, 6.45) is 4.93. The number of benzene rings is 1. The molecule has 4 fully saturated rings. The normalized spacial score (nSPS) is 33.2. The van der Waals surface area contributed by atoms with Gasteiger partial charge in [0.05, 0.1) is 11.0 Å². The minimum absolute atomic E-state index is 0.0465. The van der Waals surface area contributed by atoms with E-state index in [9.17, 15) is 14.3 Å². The Hall–Kier alpha value is -2.21. The highest BCUT2D eigenvalue weighted by Crippen LogP contribution is 2.62. The Morgan fingerprint density at radius 2 is 1.93 bits per heavy atom. The third-order valence-corrected chi connectivity index (χ3v) is 6.93. The van der Waals surface area contributed by atoms with Crippen LogP contribution in [0.5, 0.6) is 0 Å². The van der Waals surface area contributed by atoms with Crippen LogP contribution in [0.25, 0.3) is 11.3 Å². The van der Waals surface area contributed by atoms with Crippen molar-refractivity contribution in [3.63, 3.8) is 0 Å². The summed E-state index contributed by atoms with van der Waals surface area (Å²) < 4.78 is 24.2. The number of hydrogen-bond donors (Lipinski definition) is 1. The van der Waals surface area contributed by atoms with Gasteiger partial charge in [-0.2, -0.15) is 0 Å². The highest BCUT2D eigenvalue weighted by Gasteiger charge is 2.60. The number of carbonyl (C=O) groups is 1. The summed E-state index contributed by atoms with van der Waals surface area (Å²) in [7, 11) is 0. The summed E-state index contributed by atoms with van der Waals surface area (Å²) in [6.45, 7) is 1.90. The van der Waals surface area contributed by atoms with E-state index < -0.39 is 11.0 Å². The molecule has 1 heterocycles. The lowest BCUT2D eigenvalue weighted by Crippen LogP contribution is -2.58. The van der Waals surface area contributed by atoms with Gasteiger partial charge in [0.2, 0.25) is 0 Å². The monoisotopic (exact) mass is 385 g/mol. The number of ether oxygens (including phenoxy) is 1. The van der Waals surface area contributed by atoms with Crippen molar-refractivity contribution in [3.8, 4) is 11.3 Å². The number of hydrogen-bond acceptors (Lipinski definition) is 5. The first-order valence-corrected chi connectivity index (χ1v) is 9.97. The van der Waals surface area contributed by atoms with Gasteiger partial charge in [0, 0.05) is 11.1 Å². The van der Waals surface area contributed by atoms with Crippen molar-refractivity contribution in [1.82, 2.24) is 5.16 Å². The second-order valence-electron chi connectivity index (χ2n) is 9.13. The van der Waals surface area contributed by atoms with Crippen LogP contribution in [0.15, 0.2) is 28.8 Å². The van der Waals surface area contributed by atoms with Crippen LogP contribution in [0, 0.1) is 30.0 Å². The van der Waals surface area contributed by atoms with Gasteiger partial charge in [-0.1, -0.05) is 5.16 Å². The maximum absolute atomic E-state index is 13.1. The fourth-order valence-corrected chi connectivity index (χ4v) is 6.11. The van der Waals surface area contributed by atoms with E-state index in [2.05, 4.69) is 5.16 Å². The molecule has 0 saturated heterocycles. The molecule has 4 aliphatic carbocycles. The summed E-state index contributed by atoms with van der Waals surface area (Å²) >= 11 is 0. The topological polar surface area (TPSA) is 72.6 Å². The van der Waals surface area contributed by atoms with Gasteiger partial charge in [-0.15, -0.1) is 0 Å². The lowest BCUT2D eigenvalue weighted by Gasteiger charge is -2.58. The Morgan fingerprint density at radius 3 is 2.57 bits per heavy atom. The molecule has 4 saturated carbocycles. The second kappa shape index (κ2) is 6.14. The van der Waals surface area contributed by atoms with E-state index in [1.165, 1.54) is 12.1 Å². The minimum Gasteiger partial charge on any atom is -0.459 e. The molecule has 2 unspecified atom stereocenters. The van der Waals surface area contributed by atoms with E-state index in [0.717, 1.165) is 43.2 Å². The number of aliphatic hydroxyl groups is 1. The SMILES string of the molecule is Cc1c(COC(=O)C23C[C@@H]4C[C@@H](CC(O)(C4)C2)C3)noc1-c1ccc(F)cc1. The van der Waals surface area contributed by atoms with Crippen molar-refractivity contribution in [3.05, 3.63) is 41.3 Å². The van der Waals surface area contributed by atoms with E-state index >= 15 is 0 Å². The fraction of sp³-hybridized carbons (Fsp3) is 0.545. The van der Waals surface area contributed by atoms with E-state index in [4.69, 9.17) is 9.26 Å². The van der Waals surface area contributed by atoms with Crippen LogP contribution >= 0.6 is 0 Å². The molecule has 0 spiro atoms. The minimum atomic E-state index is -0.692. The van der Waals surface area contributed by atoms with Crippen LogP contribution in [-0.2, 0) is 16.1 Å². The van der Waals surface area contributed by atoms with Gasteiger partial charge in [-0.05, 0) is 81.5 Å². The molecule has 4 atom stereocenters. The van der Waals surface area contributed by atoms with Gasteiger partial charge < -0.3 is 14.4 Å². The largest absolute Gasteiger partial charge is 0.459 e. The molecule has 4 bridgehead atoms. The summed E-state index contributed by atoms with van der Waals surface area (Å²) in [5, 5.41) is 14.9. The van der Waals surface area contributed by atoms with Crippen LogP contribution in [0.3, 0.4) is 0 Å². The summed E-state index contributed by atoms with van der Waals surface area (Å²) in [4.78, 5) is 13.0. The molecule has 0 amide bonds. The predicted molar refractivity (Wildman–Crippen MR) is 98.5 cm³/mol. The Balaban J connectivity index is 1.31. The molecule has 148 valence electrons. The molecule has 28 heavy (non-hydrogen) atoms. The first-order chi connectivity index (χ1) is 13.4. The summed E-state index contributed by atoms with van der Waals surface area (Å²) in [6, 6.07) is 6.01. The molecule has 0 aliphatic heterocycles. The summed E-state index contributed by atoms with van der Waals surface area (Å²) in [5.41, 5.74) is 0.839. The van der Waals surface area contributed by atoms with Gasteiger partial charge >= 0.3 is 5.97 Å². The zero-order chi connectivity index (χ0) is 19.5. The Morgan fingerprint density at radius 1 is 1.25 bits per heavy atom. The van der Waals surface area contributed by atoms with Gasteiger partial charge in [0.1, 0.15) is 18.1 Å². The second-order valence-corrected chi connectivity index (χ2v) is 9.13. The van der Waals surface area contributed by atoms with Crippen LogP contribution in [0.2, 0.25) is 0 Å². The van der Waals surface area contributed by atoms with Crippen molar-refractivity contribution in [2.75, 3.05) is 0 Å². The average Bonchev–Trinajstić information content (AvgIpc) is 2.99. The van der Waals surface area contributed by atoms with Crippen LogP contribution in [0.1, 0.15) is 49.8 Å². The van der Waals surface area contributed by atoms with E-state index in [1.54, 1.807) is 12.1 Å². The first kappa shape index (κ1) is 17.9. The number of aromatic nitrogens is 1. The maximum Gasteiger partial charge on any atom is 0.312 e. The van der Waals surface area contributed by atoms with Crippen molar-refractivity contribution in [1.29, 1.82) is 0 Å². The van der Waals surface area contributed by atoms with Gasteiger partial charge in [-0.25, -0.2) is 4.39 Å². The van der Waals surface area contributed by atoms with Gasteiger partial charge in [0.15, 0.2) is 5.76 Å². The summed E-state index contributed by atoms with van der Waals surface area (Å²) in [5.74, 6) is 0.878. The van der Waals surface area contributed by atoms with Crippen molar-refractivity contribution >= 4 is 5.97 Å². The lowest BCUT2D eigenvalue weighted by atomic mass is 9.48. The van der Waals surface area contributed by atoms with Crippen molar-refractivity contribution in [2.45, 2.75) is 57.7 Å². The molecule has 1 N–H and O–H groups in total. The maximum atomic E-state index is 13.1. The van der Waals surface area contributed by atoms with Crippen LogP contribution in [0.4, 0.5) is 4.39 Å². The van der Waals surface area contributed by atoms with E-state index in [-0.39, 0.29) is 18.4 Å². The molecule has 0 radical (unpaired) electrons.